The summed E-state index contributed by atoms with van der Waals surface area (Å²) in [5, 5.41) is 19.8. The molecule has 1 heterocycles. The Balaban J connectivity index is 1.21. The van der Waals surface area contributed by atoms with Crippen molar-refractivity contribution in [1.82, 2.24) is 16.0 Å². The summed E-state index contributed by atoms with van der Waals surface area (Å²) in [6.45, 7) is 2.21. The van der Waals surface area contributed by atoms with Crippen LogP contribution in [0.4, 0.5) is 0 Å². The number of aryl methyl sites for hydroxylation is 1. The van der Waals surface area contributed by atoms with E-state index in [1.807, 2.05) is 73.7 Å². The third-order valence-corrected chi connectivity index (χ3v) is 7.52. The van der Waals surface area contributed by atoms with Crippen LogP contribution in [0.3, 0.4) is 0 Å². The van der Waals surface area contributed by atoms with Gasteiger partial charge in [0.2, 0.25) is 11.8 Å². The molecule has 1 saturated heterocycles. The molecule has 0 unspecified atom stereocenters. The number of rotatable bonds is 12. The van der Waals surface area contributed by atoms with Crippen LogP contribution in [0.15, 0.2) is 91.0 Å². The minimum atomic E-state index is -1.07. The second-order valence-electron chi connectivity index (χ2n) is 11.0. The average Bonchev–Trinajstić information content (AvgIpc) is 3.82. The van der Waals surface area contributed by atoms with Crippen LogP contribution < -0.4 is 21.7 Å². The van der Waals surface area contributed by atoms with E-state index in [9.17, 15) is 24.3 Å². The first kappa shape index (κ1) is 30.2. The Labute approximate surface area is 254 Å². The molecule has 44 heavy (non-hydrogen) atoms. The Kier molecular flexibility index (Phi) is 9.20. The van der Waals surface area contributed by atoms with Crippen molar-refractivity contribution in [3.05, 3.63) is 113 Å². The third kappa shape index (κ3) is 7.78. The Morgan fingerprint density at radius 2 is 1.34 bits per heavy atom. The summed E-state index contributed by atoms with van der Waals surface area (Å²) in [7, 11) is 0. The smallest absolute Gasteiger partial charge is 0.253 e. The van der Waals surface area contributed by atoms with Gasteiger partial charge in [0.25, 0.3) is 11.8 Å². The van der Waals surface area contributed by atoms with Crippen LogP contribution in [0, 0.1) is 6.92 Å². The summed E-state index contributed by atoms with van der Waals surface area (Å²) >= 11 is 0. The Morgan fingerprint density at radius 3 is 2.02 bits per heavy atom. The zero-order valence-electron chi connectivity index (χ0n) is 24.2. The summed E-state index contributed by atoms with van der Waals surface area (Å²) in [5.41, 5.74) is 8.99. The molecule has 1 fully saturated rings. The second-order valence-corrected chi connectivity index (χ2v) is 11.0. The van der Waals surface area contributed by atoms with E-state index in [-0.39, 0.29) is 25.1 Å². The van der Waals surface area contributed by atoms with Gasteiger partial charge in [-0.15, -0.1) is 0 Å². The molecule has 0 aliphatic carbocycles. The number of phenolic OH excluding ortho intramolecular Hbond substituents is 1. The number of benzene rings is 4. The maximum Gasteiger partial charge on any atom is 0.253 e. The quantitative estimate of drug-likeness (QED) is 0.158. The molecule has 226 valence electrons. The SMILES string of the molecule is Cc1ccc(C[C@H](NC(=O)[C@H]2O[C@@H]2C(=O)NCc2ccc3ccccc3c2)C(=O)N[C@@H](Cc2ccc(O)cc2)C(N)=O)cc1. The summed E-state index contributed by atoms with van der Waals surface area (Å²) < 4.78 is 5.40. The van der Waals surface area contributed by atoms with Crippen LogP contribution in [0.25, 0.3) is 10.8 Å². The molecule has 4 aromatic rings. The number of ether oxygens (including phenoxy) is 1. The van der Waals surface area contributed by atoms with Gasteiger partial charge in [-0.2, -0.15) is 0 Å². The highest BCUT2D eigenvalue weighted by molar-refractivity contribution is 5.98. The molecule has 4 amide bonds. The Morgan fingerprint density at radius 1 is 0.750 bits per heavy atom. The number of aromatic hydroxyl groups is 1. The topological polar surface area (TPSA) is 163 Å². The first-order valence-corrected chi connectivity index (χ1v) is 14.3. The van der Waals surface area contributed by atoms with Gasteiger partial charge in [0.1, 0.15) is 17.8 Å². The van der Waals surface area contributed by atoms with Gasteiger partial charge in [0.05, 0.1) is 0 Å². The van der Waals surface area contributed by atoms with Crippen LogP contribution in [-0.4, -0.2) is 53.0 Å². The van der Waals surface area contributed by atoms with E-state index < -0.39 is 47.9 Å². The lowest BCUT2D eigenvalue weighted by molar-refractivity contribution is -0.131. The molecule has 6 N–H and O–H groups in total. The number of epoxide rings is 1. The summed E-state index contributed by atoms with van der Waals surface area (Å²) in [4.78, 5) is 51.5. The van der Waals surface area contributed by atoms with Crippen molar-refractivity contribution in [2.75, 3.05) is 0 Å². The van der Waals surface area contributed by atoms with Crippen LogP contribution >= 0.6 is 0 Å². The Bertz CT molecular complexity index is 1670. The summed E-state index contributed by atoms with van der Waals surface area (Å²) in [6.07, 6.45) is -1.80. The van der Waals surface area contributed by atoms with Crippen molar-refractivity contribution in [3.8, 4) is 5.75 Å². The van der Waals surface area contributed by atoms with Gasteiger partial charge in [-0.3, -0.25) is 19.2 Å². The molecule has 0 saturated carbocycles. The van der Waals surface area contributed by atoms with E-state index in [0.717, 1.165) is 27.5 Å². The fraction of sp³-hybridized carbons (Fsp3) is 0.235. The van der Waals surface area contributed by atoms with E-state index in [1.165, 1.54) is 12.1 Å². The third-order valence-electron chi connectivity index (χ3n) is 7.52. The number of fused-ring (bicyclic) bond motifs is 1. The van der Waals surface area contributed by atoms with Gasteiger partial charge in [0.15, 0.2) is 12.2 Å². The molecular formula is C34H34N4O6. The normalized spacial score (nSPS) is 16.8. The highest BCUT2D eigenvalue weighted by atomic mass is 16.6. The van der Waals surface area contributed by atoms with E-state index in [2.05, 4.69) is 16.0 Å². The molecule has 0 spiro atoms. The number of primary amides is 1. The predicted octanol–water partition coefficient (Wildman–Crippen LogP) is 2.18. The summed E-state index contributed by atoms with van der Waals surface area (Å²) in [6, 6.07) is 25.3. The molecule has 10 heteroatoms. The second kappa shape index (κ2) is 13.4. The van der Waals surface area contributed by atoms with Gasteiger partial charge in [-0.25, -0.2) is 0 Å². The zero-order chi connectivity index (χ0) is 31.2. The average molecular weight is 595 g/mol. The van der Waals surface area contributed by atoms with Gasteiger partial charge < -0.3 is 31.5 Å². The van der Waals surface area contributed by atoms with Gasteiger partial charge >= 0.3 is 0 Å². The van der Waals surface area contributed by atoms with Crippen molar-refractivity contribution in [2.45, 2.75) is 50.6 Å². The lowest BCUT2D eigenvalue weighted by atomic mass is 10.0. The van der Waals surface area contributed by atoms with Crippen LogP contribution in [0.1, 0.15) is 22.3 Å². The highest BCUT2D eigenvalue weighted by Gasteiger charge is 2.51. The van der Waals surface area contributed by atoms with Crippen LogP contribution in [-0.2, 0) is 43.3 Å². The number of hydrogen-bond acceptors (Lipinski definition) is 6. The fourth-order valence-corrected chi connectivity index (χ4v) is 4.94. The van der Waals surface area contributed by atoms with E-state index in [1.54, 1.807) is 12.1 Å². The zero-order valence-corrected chi connectivity index (χ0v) is 24.2. The predicted molar refractivity (Wildman–Crippen MR) is 164 cm³/mol. The molecule has 4 aromatic carbocycles. The minimum Gasteiger partial charge on any atom is -0.508 e. The number of nitrogens with two attached hydrogens (primary N) is 1. The molecule has 5 rings (SSSR count). The molecule has 0 aromatic heterocycles. The highest BCUT2D eigenvalue weighted by Crippen LogP contribution is 2.23. The molecular weight excluding hydrogens is 560 g/mol. The maximum atomic E-state index is 13.4. The molecule has 4 atom stereocenters. The number of phenols is 1. The number of nitrogens with one attached hydrogen (secondary N) is 3. The minimum absolute atomic E-state index is 0.0669. The number of hydrogen-bond donors (Lipinski definition) is 5. The van der Waals surface area contributed by atoms with E-state index in [4.69, 9.17) is 10.5 Å². The maximum absolute atomic E-state index is 13.4. The lowest BCUT2D eigenvalue weighted by Gasteiger charge is -2.22. The first-order chi connectivity index (χ1) is 21.2. The monoisotopic (exact) mass is 594 g/mol. The van der Waals surface area contributed by atoms with E-state index >= 15 is 0 Å². The molecule has 1 aliphatic heterocycles. The van der Waals surface area contributed by atoms with Gasteiger partial charge in [-0.05, 0) is 52.6 Å². The standard InChI is InChI=1S/C34H34N4O6/c1-20-6-8-21(9-7-20)18-28(32(41)37-27(31(35)40)17-22-11-14-26(39)15-12-22)38-34(43)30-29(44-30)33(42)36-19-23-10-13-24-4-2-3-5-25(24)16-23/h2-16,27-30,39H,17-19H2,1H3,(H2,35,40)(H,36,42)(H,37,41)(H,38,43)/t27-,28-,29-,30-/m0/s1. The fourth-order valence-electron chi connectivity index (χ4n) is 4.94. The van der Waals surface area contributed by atoms with Crippen molar-refractivity contribution < 1.29 is 29.0 Å². The van der Waals surface area contributed by atoms with Crippen LogP contribution in [0.5, 0.6) is 5.75 Å². The van der Waals surface area contributed by atoms with E-state index in [0.29, 0.717) is 5.56 Å². The molecule has 10 nitrogen and oxygen atoms in total. The molecule has 0 radical (unpaired) electrons. The first-order valence-electron chi connectivity index (χ1n) is 14.3. The Hall–Kier alpha value is -5.22. The molecule has 1 aliphatic rings. The van der Waals surface area contributed by atoms with Crippen molar-refractivity contribution in [1.29, 1.82) is 0 Å². The number of carbonyl (C=O) groups excluding carboxylic acids is 4. The van der Waals surface area contributed by atoms with Crippen molar-refractivity contribution in [3.63, 3.8) is 0 Å². The van der Waals surface area contributed by atoms with Crippen molar-refractivity contribution in [2.24, 2.45) is 5.73 Å². The number of carbonyl (C=O) groups is 4. The van der Waals surface area contributed by atoms with Gasteiger partial charge in [-0.1, -0.05) is 78.4 Å². The summed E-state index contributed by atoms with van der Waals surface area (Å²) in [5.74, 6) is -2.34. The van der Waals surface area contributed by atoms with Crippen LogP contribution in [0.2, 0.25) is 0 Å². The van der Waals surface area contributed by atoms with Gasteiger partial charge in [0, 0.05) is 19.4 Å². The molecule has 0 bridgehead atoms. The lowest BCUT2D eigenvalue weighted by Crippen LogP contribution is -2.55. The van der Waals surface area contributed by atoms with Crippen molar-refractivity contribution >= 4 is 34.4 Å². The largest absolute Gasteiger partial charge is 0.508 e. The number of amides is 4.